The van der Waals surface area contributed by atoms with Crippen LogP contribution in [0.25, 0.3) is 0 Å². The van der Waals surface area contributed by atoms with Gasteiger partial charge in [-0.2, -0.15) is 17.0 Å². The molecule has 0 aliphatic carbocycles. The summed E-state index contributed by atoms with van der Waals surface area (Å²) in [7, 11) is 2.11. The van der Waals surface area contributed by atoms with Crippen molar-refractivity contribution < 1.29 is 4.74 Å². The first-order valence-electron chi connectivity index (χ1n) is 6.02. The average molecular weight is 264 g/mol. The summed E-state index contributed by atoms with van der Waals surface area (Å²) in [5, 5.41) is 8.57. The number of nitriles is 1. The van der Waals surface area contributed by atoms with Crippen LogP contribution >= 0.6 is 11.8 Å². The van der Waals surface area contributed by atoms with Crippen LogP contribution < -0.4 is 4.74 Å². The Hall–Kier alpha value is -1.18. The van der Waals surface area contributed by atoms with Gasteiger partial charge in [-0.3, -0.25) is 0 Å². The fourth-order valence-electron chi connectivity index (χ4n) is 1.47. The minimum atomic E-state index is 0.456. The summed E-state index contributed by atoms with van der Waals surface area (Å²) in [5.74, 6) is 2.02. The number of hydrogen-bond acceptors (Lipinski definition) is 4. The number of thioether (sulfide) groups is 1. The molecule has 0 saturated heterocycles. The zero-order valence-electron chi connectivity index (χ0n) is 11.1. The Balaban J connectivity index is 2.25. The van der Waals surface area contributed by atoms with Crippen molar-refractivity contribution in [3.05, 3.63) is 29.8 Å². The van der Waals surface area contributed by atoms with Gasteiger partial charge in [0.25, 0.3) is 0 Å². The molecule has 1 aromatic rings. The number of ether oxygens (including phenoxy) is 1. The zero-order valence-corrected chi connectivity index (χ0v) is 11.9. The molecule has 1 aromatic carbocycles. The molecule has 0 aliphatic heterocycles. The molecule has 1 rings (SSSR count). The quantitative estimate of drug-likeness (QED) is 0.722. The van der Waals surface area contributed by atoms with Crippen molar-refractivity contribution in [3.63, 3.8) is 0 Å². The second-order valence-corrected chi connectivity index (χ2v) is 5.11. The second kappa shape index (κ2) is 8.84. The van der Waals surface area contributed by atoms with Gasteiger partial charge in [-0.05, 0) is 31.0 Å². The number of nitrogens with zero attached hydrogens (tertiary/aromatic N) is 2. The van der Waals surface area contributed by atoms with Crippen LogP contribution in [0.2, 0.25) is 0 Å². The third-order valence-electron chi connectivity index (χ3n) is 2.63. The Kier molecular flexibility index (Phi) is 7.31. The molecule has 3 nitrogen and oxygen atoms in total. The first-order valence-corrected chi connectivity index (χ1v) is 7.42. The number of hydrogen-bond donors (Lipinski definition) is 0. The fourth-order valence-corrected chi connectivity index (χ4v) is 1.97. The Morgan fingerprint density at radius 1 is 1.28 bits per heavy atom. The van der Waals surface area contributed by atoms with Crippen molar-refractivity contribution in [1.82, 2.24) is 4.90 Å². The van der Waals surface area contributed by atoms with Gasteiger partial charge in [0.2, 0.25) is 0 Å². The topological polar surface area (TPSA) is 36.3 Å². The van der Waals surface area contributed by atoms with Gasteiger partial charge in [0.15, 0.2) is 0 Å². The van der Waals surface area contributed by atoms with Crippen LogP contribution in [0, 0.1) is 11.3 Å². The predicted molar refractivity (Wildman–Crippen MR) is 77.1 cm³/mol. The summed E-state index contributed by atoms with van der Waals surface area (Å²) >= 11 is 1.86. The van der Waals surface area contributed by atoms with E-state index < -0.39 is 0 Å². The Morgan fingerprint density at radius 2 is 2.00 bits per heavy atom. The molecule has 98 valence electrons. The van der Waals surface area contributed by atoms with Gasteiger partial charge in [0.1, 0.15) is 12.4 Å². The normalized spacial score (nSPS) is 10.3. The average Bonchev–Trinajstić information content (AvgIpc) is 2.39. The van der Waals surface area contributed by atoms with Crippen LogP contribution in [-0.4, -0.2) is 43.7 Å². The summed E-state index contributed by atoms with van der Waals surface area (Å²) in [6, 6.07) is 9.86. The predicted octanol–water partition coefficient (Wildman–Crippen LogP) is 2.43. The van der Waals surface area contributed by atoms with Crippen LogP contribution in [-0.2, 0) is 6.42 Å². The minimum absolute atomic E-state index is 0.456. The second-order valence-electron chi connectivity index (χ2n) is 4.12. The molecule has 0 spiro atoms. The molecule has 0 heterocycles. The van der Waals surface area contributed by atoms with Crippen LogP contribution in [0.3, 0.4) is 0 Å². The maximum absolute atomic E-state index is 8.57. The van der Waals surface area contributed by atoms with Gasteiger partial charge in [-0.25, -0.2) is 0 Å². The summed E-state index contributed by atoms with van der Waals surface area (Å²) in [4.78, 5) is 2.26. The van der Waals surface area contributed by atoms with Crippen molar-refractivity contribution in [1.29, 1.82) is 5.26 Å². The number of benzene rings is 1. The van der Waals surface area contributed by atoms with E-state index in [1.807, 2.05) is 36.0 Å². The number of rotatable bonds is 8. The van der Waals surface area contributed by atoms with Gasteiger partial charge >= 0.3 is 0 Å². The lowest BCUT2D eigenvalue weighted by Crippen LogP contribution is -2.26. The molecule has 0 aliphatic rings. The summed E-state index contributed by atoms with van der Waals surface area (Å²) in [6.07, 6.45) is 2.57. The van der Waals surface area contributed by atoms with Gasteiger partial charge in [-0.1, -0.05) is 12.1 Å². The Morgan fingerprint density at radius 3 is 2.61 bits per heavy atom. The van der Waals surface area contributed by atoms with Gasteiger partial charge < -0.3 is 9.64 Å². The van der Waals surface area contributed by atoms with Gasteiger partial charge in [0.05, 0.1) is 12.5 Å². The van der Waals surface area contributed by atoms with E-state index in [2.05, 4.69) is 24.3 Å². The third-order valence-corrected chi connectivity index (χ3v) is 3.22. The summed E-state index contributed by atoms with van der Waals surface area (Å²) < 4.78 is 5.66. The van der Waals surface area contributed by atoms with E-state index in [1.54, 1.807) is 0 Å². The van der Waals surface area contributed by atoms with E-state index in [1.165, 1.54) is 0 Å². The largest absolute Gasteiger partial charge is 0.492 e. The lowest BCUT2D eigenvalue weighted by atomic mass is 10.2. The van der Waals surface area contributed by atoms with Crippen LogP contribution in [0.1, 0.15) is 5.56 Å². The highest BCUT2D eigenvalue weighted by Gasteiger charge is 1.99. The smallest absolute Gasteiger partial charge is 0.119 e. The molecular formula is C14H20N2OS. The third kappa shape index (κ3) is 5.95. The molecule has 4 heteroatoms. The van der Waals surface area contributed by atoms with Gasteiger partial charge in [0, 0.05) is 18.8 Å². The highest BCUT2D eigenvalue weighted by Crippen LogP contribution is 2.12. The van der Waals surface area contributed by atoms with Crippen LogP contribution in [0.15, 0.2) is 24.3 Å². The summed E-state index contributed by atoms with van der Waals surface area (Å²) in [5.41, 5.74) is 1.03. The van der Waals surface area contributed by atoms with E-state index in [0.717, 1.165) is 30.2 Å². The van der Waals surface area contributed by atoms with Crippen molar-refractivity contribution in [2.24, 2.45) is 0 Å². The maximum Gasteiger partial charge on any atom is 0.119 e. The Bertz CT molecular complexity index is 372. The lowest BCUT2D eigenvalue weighted by molar-refractivity contribution is 0.245. The SMILES string of the molecule is CSCCN(C)CCOc1ccc(CC#N)cc1. The van der Waals surface area contributed by atoms with Crippen LogP contribution in [0.4, 0.5) is 0 Å². The monoisotopic (exact) mass is 264 g/mol. The maximum atomic E-state index is 8.57. The molecule has 0 atom stereocenters. The zero-order chi connectivity index (χ0) is 13.2. The molecule has 0 fully saturated rings. The van der Waals surface area contributed by atoms with E-state index in [9.17, 15) is 0 Å². The molecule has 0 N–H and O–H groups in total. The number of likely N-dealkylation sites (N-methyl/N-ethyl adjacent to an activating group) is 1. The molecule has 18 heavy (non-hydrogen) atoms. The van der Waals surface area contributed by atoms with E-state index in [-0.39, 0.29) is 0 Å². The standard InChI is InChI=1S/C14H20N2OS/c1-16(10-12-18-2)9-11-17-14-5-3-13(4-6-14)7-8-15/h3-6H,7,9-12H2,1-2H3. The van der Waals surface area contributed by atoms with Crippen molar-refractivity contribution >= 4 is 11.8 Å². The minimum Gasteiger partial charge on any atom is -0.492 e. The molecule has 0 aromatic heterocycles. The van der Waals surface area contributed by atoms with E-state index >= 15 is 0 Å². The first kappa shape index (κ1) is 14.9. The highest BCUT2D eigenvalue weighted by molar-refractivity contribution is 7.98. The summed E-state index contributed by atoms with van der Waals surface area (Å²) in [6.45, 7) is 2.72. The fraction of sp³-hybridized carbons (Fsp3) is 0.500. The molecule has 0 saturated carbocycles. The molecule has 0 amide bonds. The van der Waals surface area contributed by atoms with Crippen LogP contribution in [0.5, 0.6) is 5.75 Å². The van der Waals surface area contributed by atoms with Crippen molar-refractivity contribution in [2.45, 2.75) is 6.42 Å². The molecule has 0 bridgehead atoms. The molecule has 0 unspecified atom stereocenters. The van der Waals surface area contributed by atoms with E-state index in [4.69, 9.17) is 10.00 Å². The highest BCUT2D eigenvalue weighted by atomic mass is 32.2. The van der Waals surface area contributed by atoms with Crippen molar-refractivity contribution in [2.75, 3.05) is 38.8 Å². The Labute approximate surface area is 114 Å². The molecular weight excluding hydrogens is 244 g/mol. The molecule has 0 radical (unpaired) electrons. The van der Waals surface area contributed by atoms with Gasteiger partial charge in [-0.15, -0.1) is 0 Å². The van der Waals surface area contributed by atoms with E-state index in [0.29, 0.717) is 13.0 Å². The lowest BCUT2D eigenvalue weighted by Gasteiger charge is -2.16. The van der Waals surface area contributed by atoms with Crippen molar-refractivity contribution in [3.8, 4) is 11.8 Å². The first-order chi connectivity index (χ1) is 8.76.